The second kappa shape index (κ2) is 4.63. The van der Waals surface area contributed by atoms with Crippen molar-refractivity contribution in [3.05, 3.63) is 39.4 Å². The fraction of sp³-hybridized carbons (Fsp3) is 0.182. The average molecular weight is 271 g/mol. The predicted octanol–water partition coefficient (Wildman–Crippen LogP) is 4.25. The van der Waals surface area contributed by atoms with Gasteiger partial charge in [0.05, 0.1) is 11.1 Å². The van der Waals surface area contributed by atoms with Crippen LogP contribution in [-0.4, -0.2) is 0 Å². The Morgan fingerprint density at radius 3 is 2.64 bits per heavy atom. The molecule has 1 aromatic rings. The summed E-state index contributed by atoms with van der Waals surface area (Å²) in [7, 11) is 0. The topological polar surface area (TPSA) is 23.8 Å². The molecule has 14 heavy (non-hydrogen) atoms. The number of aryl methyl sites for hydroxylation is 1. The summed E-state index contributed by atoms with van der Waals surface area (Å²) in [6.45, 7) is 3.71. The summed E-state index contributed by atoms with van der Waals surface area (Å²) < 4.78 is 0.999. The molecule has 0 saturated heterocycles. The molecule has 0 N–H and O–H groups in total. The number of benzene rings is 1. The Labute approximate surface area is 97.1 Å². The van der Waals surface area contributed by atoms with Crippen LogP contribution >= 0.6 is 27.5 Å². The molecule has 0 spiro atoms. The molecule has 0 atom stereocenters. The van der Waals surface area contributed by atoms with E-state index in [1.165, 1.54) is 0 Å². The molecule has 0 amide bonds. The number of hydrogen-bond acceptors (Lipinski definition) is 1. The predicted molar refractivity (Wildman–Crippen MR) is 62.9 cm³/mol. The van der Waals surface area contributed by atoms with Gasteiger partial charge in [0.1, 0.15) is 0 Å². The van der Waals surface area contributed by atoms with Crippen LogP contribution < -0.4 is 0 Å². The third kappa shape index (κ3) is 2.37. The lowest BCUT2D eigenvalue weighted by Gasteiger charge is -2.03. The maximum absolute atomic E-state index is 8.69. The van der Waals surface area contributed by atoms with Crippen molar-refractivity contribution < 1.29 is 0 Å². The maximum atomic E-state index is 8.69. The second-order valence-corrected chi connectivity index (χ2v) is 4.25. The zero-order valence-corrected chi connectivity index (χ0v) is 10.3. The van der Waals surface area contributed by atoms with E-state index in [-0.39, 0.29) is 0 Å². The molecule has 1 nitrogen and oxygen atoms in total. The molecule has 0 aliphatic heterocycles. The SMILES string of the molecule is C/C(C#N)=C(/Cl)c1ccc(C)c(Br)c1. The number of allylic oxidation sites excluding steroid dienone is 1. The number of nitrogens with zero attached hydrogens (tertiary/aromatic N) is 1. The smallest absolute Gasteiger partial charge is 0.0959 e. The van der Waals surface area contributed by atoms with Gasteiger partial charge in [-0.2, -0.15) is 5.26 Å². The van der Waals surface area contributed by atoms with Crippen molar-refractivity contribution >= 4 is 32.6 Å². The van der Waals surface area contributed by atoms with E-state index in [9.17, 15) is 0 Å². The summed E-state index contributed by atoms with van der Waals surface area (Å²) in [6, 6.07) is 7.82. The number of hydrogen-bond donors (Lipinski definition) is 0. The van der Waals surface area contributed by atoms with Gasteiger partial charge in [0.15, 0.2) is 0 Å². The van der Waals surface area contributed by atoms with Crippen molar-refractivity contribution in [1.29, 1.82) is 5.26 Å². The molecule has 0 aliphatic rings. The van der Waals surface area contributed by atoms with Gasteiger partial charge in [-0.05, 0) is 31.0 Å². The first-order valence-corrected chi connectivity index (χ1v) is 5.26. The lowest BCUT2D eigenvalue weighted by Crippen LogP contribution is -1.83. The average Bonchev–Trinajstić information content (AvgIpc) is 2.20. The van der Waals surface area contributed by atoms with E-state index < -0.39 is 0 Å². The lowest BCUT2D eigenvalue weighted by atomic mass is 10.1. The molecule has 72 valence electrons. The summed E-state index contributed by atoms with van der Waals surface area (Å²) in [5, 5.41) is 9.19. The molecular formula is C11H9BrClN. The van der Waals surface area contributed by atoms with Crippen molar-refractivity contribution in [1.82, 2.24) is 0 Å². The molecule has 1 rings (SSSR count). The normalized spacial score (nSPS) is 11.9. The number of rotatable bonds is 1. The molecule has 0 aromatic heterocycles. The Hall–Kier alpha value is -0.780. The first-order valence-electron chi connectivity index (χ1n) is 4.09. The zero-order chi connectivity index (χ0) is 10.7. The van der Waals surface area contributed by atoms with Crippen molar-refractivity contribution in [2.24, 2.45) is 0 Å². The molecule has 0 unspecified atom stereocenters. The van der Waals surface area contributed by atoms with Gasteiger partial charge in [-0.3, -0.25) is 0 Å². The summed E-state index contributed by atoms with van der Waals surface area (Å²) >= 11 is 9.44. The first kappa shape index (κ1) is 11.3. The minimum Gasteiger partial charge on any atom is -0.193 e. The van der Waals surface area contributed by atoms with E-state index in [1.54, 1.807) is 6.92 Å². The Balaban J connectivity index is 3.24. The van der Waals surface area contributed by atoms with Crippen molar-refractivity contribution in [2.45, 2.75) is 13.8 Å². The molecule has 3 heteroatoms. The molecular weight excluding hydrogens is 261 g/mol. The highest BCUT2D eigenvalue weighted by atomic mass is 79.9. The molecule has 0 bridgehead atoms. The van der Waals surface area contributed by atoms with E-state index in [2.05, 4.69) is 15.9 Å². The highest BCUT2D eigenvalue weighted by Gasteiger charge is 2.04. The highest BCUT2D eigenvalue weighted by molar-refractivity contribution is 9.10. The second-order valence-electron chi connectivity index (χ2n) is 3.01. The summed E-state index contributed by atoms with van der Waals surface area (Å²) in [5.41, 5.74) is 2.54. The minimum absolute atomic E-state index is 0.508. The third-order valence-corrected chi connectivity index (χ3v) is 3.28. The largest absolute Gasteiger partial charge is 0.193 e. The summed E-state index contributed by atoms with van der Waals surface area (Å²) in [4.78, 5) is 0. The van der Waals surface area contributed by atoms with Crippen LogP contribution in [0.1, 0.15) is 18.1 Å². The number of halogens is 2. The van der Waals surface area contributed by atoms with Gasteiger partial charge >= 0.3 is 0 Å². The molecule has 0 radical (unpaired) electrons. The van der Waals surface area contributed by atoms with E-state index in [0.29, 0.717) is 10.6 Å². The van der Waals surface area contributed by atoms with Crippen LogP contribution in [0.25, 0.3) is 5.03 Å². The number of nitriles is 1. The Bertz CT molecular complexity index is 429. The van der Waals surface area contributed by atoms with Gasteiger partial charge in [0.25, 0.3) is 0 Å². The van der Waals surface area contributed by atoms with Gasteiger partial charge in [-0.15, -0.1) is 0 Å². The van der Waals surface area contributed by atoms with E-state index in [1.807, 2.05) is 31.2 Å². The van der Waals surface area contributed by atoms with Crippen LogP contribution in [0.4, 0.5) is 0 Å². The molecule has 0 fully saturated rings. The molecule has 0 heterocycles. The lowest BCUT2D eigenvalue weighted by molar-refractivity contribution is 1.41. The van der Waals surface area contributed by atoms with E-state index in [0.717, 1.165) is 15.6 Å². The van der Waals surface area contributed by atoms with Crippen LogP contribution in [-0.2, 0) is 0 Å². The van der Waals surface area contributed by atoms with Crippen LogP contribution in [0.15, 0.2) is 28.2 Å². The highest BCUT2D eigenvalue weighted by Crippen LogP contribution is 2.27. The van der Waals surface area contributed by atoms with Crippen LogP contribution in [0.5, 0.6) is 0 Å². The van der Waals surface area contributed by atoms with Crippen LogP contribution in [0, 0.1) is 18.3 Å². The molecule has 0 aliphatic carbocycles. The maximum Gasteiger partial charge on any atom is 0.0959 e. The Morgan fingerprint density at radius 1 is 1.50 bits per heavy atom. The molecule has 0 saturated carbocycles. The van der Waals surface area contributed by atoms with Gasteiger partial charge in [0.2, 0.25) is 0 Å². The quantitative estimate of drug-likeness (QED) is 0.700. The first-order chi connectivity index (χ1) is 6.56. The minimum atomic E-state index is 0.508. The van der Waals surface area contributed by atoms with Crippen LogP contribution in [0.2, 0.25) is 0 Å². The van der Waals surface area contributed by atoms with Gasteiger partial charge in [-0.1, -0.05) is 39.7 Å². The Kier molecular flexibility index (Phi) is 3.74. The summed E-state index contributed by atoms with van der Waals surface area (Å²) in [6.07, 6.45) is 0. The summed E-state index contributed by atoms with van der Waals surface area (Å²) in [5.74, 6) is 0. The van der Waals surface area contributed by atoms with Gasteiger partial charge in [0, 0.05) is 10.0 Å². The monoisotopic (exact) mass is 269 g/mol. The zero-order valence-electron chi connectivity index (χ0n) is 7.94. The van der Waals surface area contributed by atoms with Crippen molar-refractivity contribution in [2.75, 3.05) is 0 Å². The third-order valence-electron chi connectivity index (χ3n) is 1.92. The van der Waals surface area contributed by atoms with E-state index >= 15 is 0 Å². The van der Waals surface area contributed by atoms with E-state index in [4.69, 9.17) is 16.9 Å². The Morgan fingerprint density at radius 2 is 2.14 bits per heavy atom. The fourth-order valence-electron chi connectivity index (χ4n) is 0.995. The van der Waals surface area contributed by atoms with Crippen LogP contribution in [0.3, 0.4) is 0 Å². The van der Waals surface area contributed by atoms with Gasteiger partial charge < -0.3 is 0 Å². The van der Waals surface area contributed by atoms with Crippen molar-refractivity contribution in [3.63, 3.8) is 0 Å². The molecule has 1 aromatic carbocycles. The fourth-order valence-corrected chi connectivity index (χ4v) is 1.53. The standard InChI is InChI=1S/C11H9BrClN/c1-7-3-4-9(5-10(7)12)11(13)8(2)6-14/h3-5H,1-2H3/b11-8-. The van der Waals surface area contributed by atoms with Gasteiger partial charge in [-0.25, -0.2) is 0 Å². The van der Waals surface area contributed by atoms with Crippen molar-refractivity contribution in [3.8, 4) is 6.07 Å².